The number of rotatable bonds is 3. The van der Waals surface area contributed by atoms with Gasteiger partial charge >= 0.3 is 0 Å². The maximum absolute atomic E-state index is 9.89. The third-order valence-corrected chi connectivity index (χ3v) is 0.690. The van der Waals surface area contributed by atoms with Gasteiger partial charge in [-0.15, -0.1) is 0 Å². The van der Waals surface area contributed by atoms with Gasteiger partial charge in [-0.25, -0.2) is 0 Å². The Morgan fingerprint density at radius 3 is 2.50 bits per heavy atom. The average Bonchev–Trinajstić information content (AvgIpc) is 1.67. The van der Waals surface area contributed by atoms with Gasteiger partial charge in [0.1, 0.15) is 5.60 Å². The Balaban J connectivity index is 3.53. The molecule has 48 valence electrons. The zero-order valence-corrected chi connectivity index (χ0v) is 5.05. The minimum atomic E-state index is -1.31. The Labute approximate surface area is 48.3 Å². The van der Waals surface area contributed by atoms with E-state index in [1.807, 2.05) is 0 Å². The molecule has 0 aromatic heterocycles. The van der Waals surface area contributed by atoms with Crippen LogP contribution in [0, 0.1) is 0 Å². The lowest BCUT2D eigenvalue weighted by atomic mass is 10.1. The molecule has 1 atom stereocenters. The highest BCUT2D eigenvalue weighted by Gasteiger charge is 2.17. The summed E-state index contributed by atoms with van der Waals surface area (Å²) in [6.45, 7) is 1.44. The predicted octanol–water partition coefficient (Wildman–Crippen LogP) is -0.417. The summed E-state index contributed by atoms with van der Waals surface area (Å²) in [5.74, 6) is 0. The van der Waals surface area contributed by atoms with Crippen LogP contribution in [0.25, 0.3) is 0 Å². The minimum absolute atomic E-state index is 0.0521. The van der Waals surface area contributed by atoms with Gasteiger partial charge in [0.25, 0.3) is 0 Å². The van der Waals surface area contributed by atoms with Gasteiger partial charge in [-0.2, -0.15) is 0 Å². The summed E-state index contributed by atoms with van der Waals surface area (Å²) >= 11 is 0. The van der Waals surface area contributed by atoms with Crippen molar-refractivity contribution >= 4 is 6.29 Å². The summed E-state index contributed by atoms with van der Waals surface area (Å²) in [7, 11) is 1.43. The average molecular weight is 118 g/mol. The molecule has 1 unspecified atom stereocenters. The Morgan fingerprint density at radius 1 is 1.88 bits per heavy atom. The van der Waals surface area contributed by atoms with Crippen LogP contribution in [0.3, 0.4) is 0 Å². The van der Waals surface area contributed by atoms with Gasteiger partial charge in [0.15, 0.2) is 6.29 Å². The topological polar surface area (TPSA) is 46.5 Å². The molecule has 0 saturated carbocycles. The SMILES string of the molecule is COCC(C)(O)C=O. The number of carbonyl (C=O) groups excluding carboxylic acids is 1. The second kappa shape index (κ2) is 2.79. The second-order valence-corrected chi connectivity index (χ2v) is 1.91. The molecule has 0 aliphatic rings. The van der Waals surface area contributed by atoms with E-state index < -0.39 is 5.60 Å². The quantitative estimate of drug-likeness (QED) is 0.512. The molecule has 3 heteroatoms. The lowest BCUT2D eigenvalue weighted by molar-refractivity contribution is -0.127. The minimum Gasteiger partial charge on any atom is -0.381 e. The zero-order chi connectivity index (χ0) is 6.62. The van der Waals surface area contributed by atoms with Crippen LogP contribution in [0.4, 0.5) is 0 Å². The number of hydrogen-bond donors (Lipinski definition) is 1. The molecule has 0 bridgehead atoms. The van der Waals surface area contributed by atoms with Crippen molar-refractivity contribution in [2.45, 2.75) is 12.5 Å². The third-order valence-electron chi connectivity index (χ3n) is 0.690. The summed E-state index contributed by atoms with van der Waals surface area (Å²) < 4.78 is 4.52. The van der Waals surface area contributed by atoms with Crippen molar-refractivity contribution in [1.82, 2.24) is 0 Å². The number of aldehydes is 1. The number of methoxy groups -OCH3 is 1. The first kappa shape index (κ1) is 7.59. The summed E-state index contributed by atoms with van der Waals surface area (Å²) in [4.78, 5) is 9.89. The molecule has 0 aromatic rings. The van der Waals surface area contributed by atoms with Crippen molar-refractivity contribution in [3.8, 4) is 0 Å². The van der Waals surface area contributed by atoms with Gasteiger partial charge in [-0.3, -0.25) is 0 Å². The smallest absolute Gasteiger partial charge is 0.153 e. The molecule has 0 heterocycles. The molecular formula is C5H10O3. The van der Waals surface area contributed by atoms with Gasteiger partial charge in [0.2, 0.25) is 0 Å². The Bertz CT molecular complexity index is 77.7. The Hall–Kier alpha value is -0.410. The van der Waals surface area contributed by atoms with Gasteiger partial charge in [-0.05, 0) is 6.92 Å². The Kier molecular flexibility index (Phi) is 2.65. The van der Waals surface area contributed by atoms with Crippen LogP contribution in [-0.4, -0.2) is 30.7 Å². The molecule has 0 aliphatic carbocycles. The van der Waals surface area contributed by atoms with Crippen molar-refractivity contribution in [2.24, 2.45) is 0 Å². The van der Waals surface area contributed by atoms with Gasteiger partial charge in [-0.1, -0.05) is 0 Å². The van der Waals surface area contributed by atoms with Crippen molar-refractivity contribution in [3.63, 3.8) is 0 Å². The highest BCUT2D eigenvalue weighted by atomic mass is 16.5. The van der Waals surface area contributed by atoms with Crippen LogP contribution in [0.15, 0.2) is 0 Å². The number of carbonyl (C=O) groups is 1. The van der Waals surface area contributed by atoms with Crippen LogP contribution in [0.1, 0.15) is 6.92 Å². The van der Waals surface area contributed by atoms with Crippen molar-refractivity contribution in [2.75, 3.05) is 13.7 Å². The van der Waals surface area contributed by atoms with E-state index in [9.17, 15) is 4.79 Å². The lowest BCUT2D eigenvalue weighted by Crippen LogP contribution is -2.31. The first-order valence-electron chi connectivity index (χ1n) is 2.30. The molecule has 0 aliphatic heterocycles. The molecule has 0 rings (SSSR count). The van der Waals surface area contributed by atoms with E-state index in [1.54, 1.807) is 0 Å². The summed E-state index contributed by atoms with van der Waals surface area (Å²) in [6, 6.07) is 0. The van der Waals surface area contributed by atoms with Crippen LogP contribution < -0.4 is 0 Å². The predicted molar refractivity (Wildman–Crippen MR) is 28.6 cm³/mol. The van der Waals surface area contributed by atoms with E-state index >= 15 is 0 Å². The summed E-state index contributed by atoms with van der Waals surface area (Å²) in [5, 5.41) is 8.83. The molecule has 0 fully saturated rings. The van der Waals surface area contributed by atoms with Crippen molar-refractivity contribution in [3.05, 3.63) is 0 Å². The van der Waals surface area contributed by atoms with E-state index in [-0.39, 0.29) is 6.61 Å². The van der Waals surface area contributed by atoms with Gasteiger partial charge < -0.3 is 14.6 Å². The highest BCUT2D eigenvalue weighted by Crippen LogP contribution is 1.96. The second-order valence-electron chi connectivity index (χ2n) is 1.91. The molecule has 0 amide bonds. The molecule has 0 aromatic carbocycles. The Morgan fingerprint density at radius 2 is 2.38 bits per heavy atom. The maximum atomic E-state index is 9.89. The fourth-order valence-corrected chi connectivity index (χ4v) is 0.326. The van der Waals surface area contributed by atoms with Crippen molar-refractivity contribution < 1.29 is 14.6 Å². The fourth-order valence-electron chi connectivity index (χ4n) is 0.326. The third kappa shape index (κ3) is 2.71. The highest BCUT2D eigenvalue weighted by molar-refractivity contribution is 5.61. The van der Waals surface area contributed by atoms with Crippen LogP contribution in [-0.2, 0) is 9.53 Å². The van der Waals surface area contributed by atoms with Gasteiger partial charge in [0.05, 0.1) is 6.61 Å². The largest absolute Gasteiger partial charge is 0.381 e. The molecule has 8 heavy (non-hydrogen) atoms. The number of aliphatic hydroxyl groups is 1. The van der Waals surface area contributed by atoms with E-state index in [0.717, 1.165) is 0 Å². The lowest BCUT2D eigenvalue weighted by Gasteiger charge is -2.12. The standard InChI is InChI=1S/C5H10O3/c1-5(7,3-6)4-8-2/h3,7H,4H2,1-2H3. The molecule has 0 spiro atoms. The van der Waals surface area contributed by atoms with E-state index in [1.165, 1.54) is 14.0 Å². The molecular weight excluding hydrogens is 108 g/mol. The van der Waals surface area contributed by atoms with Crippen LogP contribution in [0.5, 0.6) is 0 Å². The fraction of sp³-hybridized carbons (Fsp3) is 0.800. The molecule has 0 saturated heterocycles. The summed E-state index contributed by atoms with van der Waals surface area (Å²) in [6.07, 6.45) is 0.455. The van der Waals surface area contributed by atoms with Gasteiger partial charge in [0, 0.05) is 7.11 Å². The summed E-state index contributed by atoms with van der Waals surface area (Å²) in [5.41, 5.74) is -1.31. The van der Waals surface area contributed by atoms with Crippen LogP contribution >= 0.6 is 0 Å². The first-order valence-corrected chi connectivity index (χ1v) is 2.30. The molecule has 1 N–H and O–H groups in total. The van der Waals surface area contributed by atoms with E-state index in [0.29, 0.717) is 6.29 Å². The monoisotopic (exact) mass is 118 g/mol. The maximum Gasteiger partial charge on any atom is 0.153 e. The molecule has 3 nitrogen and oxygen atoms in total. The number of hydrogen-bond acceptors (Lipinski definition) is 3. The van der Waals surface area contributed by atoms with E-state index in [2.05, 4.69) is 4.74 Å². The number of ether oxygens (including phenoxy) is 1. The van der Waals surface area contributed by atoms with Crippen LogP contribution in [0.2, 0.25) is 0 Å². The van der Waals surface area contributed by atoms with E-state index in [4.69, 9.17) is 5.11 Å². The normalized spacial score (nSPS) is 17.4. The first-order chi connectivity index (χ1) is 3.62. The zero-order valence-electron chi connectivity index (χ0n) is 5.05. The molecule has 0 radical (unpaired) electrons. The van der Waals surface area contributed by atoms with Crippen molar-refractivity contribution in [1.29, 1.82) is 0 Å².